The first-order chi connectivity index (χ1) is 9.93. The summed E-state index contributed by atoms with van der Waals surface area (Å²) in [6.07, 6.45) is 1.97. The fraction of sp³-hybridized carbons (Fsp3) is 0.538. The lowest BCUT2D eigenvalue weighted by atomic mass is 10.1. The molecule has 3 heterocycles. The number of aromatic nitrogens is 2. The summed E-state index contributed by atoms with van der Waals surface area (Å²) in [5.74, 6) is 0.151. The molecule has 1 aliphatic rings. The van der Waals surface area contributed by atoms with Crippen LogP contribution in [0.2, 0.25) is 0 Å². The highest BCUT2D eigenvalue weighted by Crippen LogP contribution is 2.26. The summed E-state index contributed by atoms with van der Waals surface area (Å²) in [5, 5.41) is 4.54. The Labute approximate surface area is 135 Å². The maximum atomic E-state index is 12.7. The summed E-state index contributed by atoms with van der Waals surface area (Å²) in [6.45, 7) is 4.66. The molecule has 2 aromatic heterocycles. The molecule has 0 aromatic carbocycles. The molecule has 0 radical (unpaired) electrons. The highest BCUT2D eigenvalue weighted by molar-refractivity contribution is 7.89. The minimum absolute atomic E-state index is 0. The molecule has 1 fully saturated rings. The van der Waals surface area contributed by atoms with Gasteiger partial charge < -0.3 is 10.3 Å². The summed E-state index contributed by atoms with van der Waals surface area (Å²) in [6, 6.07) is 1.46. The van der Waals surface area contributed by atoms with Crippen molar-refractivity contribution in [3.05, 3.63) is 18.0 Å². The van der Waals surface area contributed by atoms with Crippen LogP contribution in [-0.4, -0.2) is 42.0 Å². The summed E-state index contributed by atoms with van der Waals surface area (Å²) in [5.41, 5.74) is 6.98. The Bertz CT molecular complexity index is 767. The van der Waals surface area contributed by atoms with Crippen LogP contribution in [0.3, 0.4) is 0 Å². The summed E-state index contributed by atoms with van der Waals surface area (Å²) in [7, 11) is -3.58. The second-order valence-corrected chi connectivity index (χ2v) is 7.41. The zero-order valence-electron chi connectivity index (χ0n) is 12.4. The molecule has 22 heavy (non-hydrogen) atoms. The van der Waals surface area contributed by atoms with Gasteiger partial charge in [-0.15, -0.1) is 12.4 Å². The molecule has 2 aromatic rings. The fourth-order valence-corrected chi connectivity index (χ4v) is 4.10. The molecule has 2 unspecified atom stereocenters. The van der Waals surface area contributed by atoms with Gasteiger partial charge in [-0.25, -0.2) is 13.4 Å². The van der Waals surface area contributed by atoms with Crippen molar-refractivity contribution in [1.29, 1.82) is 0 Å². The van der Waals surface area contributed by atoms with Gasteiger partial charge in [-0.2, -0.15) is 4.31 Å². The summed E-state index contributed by atoms with van der Waals surface area (Å²) < 4.78 is 31.8. The van der Waals surface area contributed by atoms with E-state index in [9.17, 15) is 8.42 Å². The van der Waals surface area contributed by atoms with Crippen molar-refractivity contribution in [1.82, 2.24) is 14.4 Å². The molecule has 1 saturated heterocycles. The smallest absolute Gasteiger partial charge is 0.258 e. The molecule has 0 saturated carbocycles. The number of sulfonamides is 1. The van der Waals surface area contributed by atoms with E-state index in [-0.39, 0.29) is 29.3 Å². The van der Waals surface area contributed by atoms with E-state index in [2.05, 4.69) is 10.1 Å². The van der Waals surface area contributed by atoms with E-state index in [0.717, 1.165) is 0 Å². The predicted molar refractivity (Wildman–Crippen MR) is 84.3 cm³/mol. The SMILES string of the molecule is CCc1noc2ncc(S(=O)(=O)N3CC(C)C(N)C3)cc12.Cl. The average molecular weight is 347 g/mol. The molecule has 2 atom stereocenters. The molecule has 122 valence electrons. The lowest BCUT2D eigenvalue weighted by Gasteiger charge is -2.15. The molecular weight excluding hydrogens is 328 g/mol. The standard InChI is InChI=1S/C13H18N4O3S.ClH/c1-3-12-10-4-9(5-15-13(10)20-16-12)21(18,19)17-6-8(2)11(14)7-17;/h4-5,8,11H,3,6-7,14H2,1-2H3;1H. The number of nitrogens with two attached hydrogens (primary N) is 1. The number of halogens is 1. The number of rotatable bonds is 3. The lowest BCUT2D eigenvalue weighted by molar-refractivity contribution is 0.439. The van der Waals surface area contributed by atoms with Crippen LogP contribution in [0.4, 0.5) is 0 Å². The largest absolute Gasteiger partial charge is 0.336 e. The first kappa shape index (κ1) is 17.1. The lowest BCUT2D eigenvalue weighted by Crippen LogP contribution is -2.32. The molecular formula is C13H19ClN4O3S. The molecule has 0 bridgehead atoms. The van der Waals surface area contributed by atoms with Gasteiger partial charge in [0.2, 0.25) is 10.0 Å². The highest BCUT2D eigenvalue weighted by atomic mass is 35.5. The number of pyridine rings is 1. The Morgan fingerprint density at radius 1 is 1.45 bits per heavy atom. The Hall–Kier alpha value is -1.22. The van der Waals surface area contributed by atoms with Crippen LogP contribution in [0.25, 0.3) is 11.1 Å². The van der Waals surface area contributed by atoms with E-state index in [4.69, 9.17) is 10.3 Å². The van der Waals surface area contributed by atoms with Gasteiger partial charge in [0.15, 0.2) is 0 Å². The molecule has 0 amide bonds. The number of fused-ring (bicyclic) bond motifs is 1. The van der Waals surface area contributed by atoms with Crippen LogP contribution < -0.4 is 5.73 Å². The Kier molecular flexibility index (Phi) is 4.76. The molecule has 9 heteroatoms. The zero-order chi connectivity index (χ0) is 15.2. The van der Waals surface area contributed by atoms with Gasteiger partial charge in [-0.3, -0.25) is 0 Å². The zero-order valence-corrected chi connectivity index (χ0v) is 14.0. The Morgan fingerprint density at radius 3 is 2.77 bits per heavy atom. The third-order valence-electron chi connectivity index (χ3n) is 3.99. The van der Waals surface area contributed by atoms with Gasteiger partial charge in [-0.05, 0) is 18.4 Å². The summed E-state index contributed by atoms with van der Waals surface area (Å²) in [4.78, 5) is 4.22. The molecule has 2 N–H and O–H groups in total. The van der Waals surface area contributed by atoms with E-state index in [1.165, 1.54) is 10.5 Å². The number of nitrogens with zero attached hydrogens (tertiary/aromatic N) is 3. The Balaban J connectivity index is 0.00000176. The van der Waals surface area contributed by atoms with Crippen molar-refractivity contribution >= 4 is 33.5 Å². The average Bonchev–Trinajstić information content (AvgIpc) is 3.02. The van der Waals surface area contributed by atoms with Crippen molar-refractivity contribution < 1.29 is 12.9 Å². The third-order valence-corrected chi connectivity index (χ3v) is 5.79. The van der Waals surface area contributed by atoms with E-state index in [0.29, 0.717) is 36.3 Å². The summed E-state index contributed by atoms with van der Waals surface area (Å²) >= 11 is 0. The first-order valence-corrected chi connectivity index (χ1v) is 8.37. The monoisotopic (exact) mass is 346 g/mol. The van der Waals surface area contributed by atoms with E-state index < -0.39 is 10.0 Å². The van der Waals surface area contributed by atoms with Crippen LogP contribution in [0, 0.1) is 5.92 Å². The van der Waals surface area contributed by atoms with E-state index in [1.54, 1.807) is 6.07 Å². The van der Waals surface area contributed by atoms with Gasteiger partial charge in [0, 0.05) is 19.1 Å². The van der Waals surface area contributed by atoms with Crippen molar-refractivity contribution in [2.24, 2.45) is 11.7 Å². The predicted octanol–water partition coefficient (Wildman–Crippen LogP) is 1.17. The number of aryl methyl sites for hydroxylation is 1. The van der Waals surface area contributed by atoms with Gasteiger partial charge in [-0.1, -0.05) is 19.0 Å². The highest BCUT2D eigenvalue weighted by Gasteiger charge is 2.35. The minimum atomic E-state index is -3.58. The Morgan fingerprint density at radius 2 is 2.18 bits per heavy atom. The van der Waals surface area contributed by atoms with Crippen LogP contribution >= 0.6 is 12.4 Å². The van der Waals surface area contributed by atoms with Crippen molar-refractivity contribution in [3.63, 3.8) is 0 Å². The quantitative estimate of drug-likeness (QED) is 0.895. The van der Waals surface area contributed by atoms with Gasteiger partial charge in [0.05, 0.1) is 17.3 Å². The van der Waals surface area contributed by atoms with Crippen LogP contribution in [-0.2, 0) is 16.4 Å². The second-order valence-electron chi connectivity index (χ2n) is 5.47. The second kappa shape index (κ2) is 6.11. The van der Waals surface area contributed by atoms with Gasteiger partial charge in [0.1, 0.15) is 4.90 Å². The maximum absolute atomic E-state index is 12.7. The van der Waals surface area contributed by atoms with Gasteiger partial charge in [0.25, 0.3) is 5.71 Å². The normalized spacial score (nSPS) is 22.9. The number of hydrogen-bond donors (Lipinski definition) is 1. The fourth-order valence-electron chi connectivity index (χ4n) is 2.55. The van der Waals surface area contributed by atoms with Crippen LogP contribution in [0.5, 0.6) is 0 Å². The molecule has 7 nitrogen and oxygen atoms in total. The molecule has 1 aliphatic heterocycles. The third kappa shape index (κ3) is 2.71. The van der Waals surface area contributed by atoms with E-state index in [1.807, 2.05) is 13.8 Å². The van der Waals surface area contributed by atoms with Crippen molar-refractivity contribution in [2.75, 3.05) is 13.1 Å². The maximum Gasteiger partial charge on any atom is 0.258 e. The molecule has 0 spiro atoms. The van der Waals surface area contributed by atoms with Gasteiger partial charge >= 0.3 is 0 Å². The molecule has 0 aliphatic carbocycles. The van der Waals surface area contributed by atoms with Crippen molar-refractivity contribution in [2.45, 2.75) is 31.2 Å². The van der Waals surface area contributed by atoms with Crippen LogP contribution in [0.15, 0.2) is 21.7 Å². The topological polar surface area (TPSA) is 102 Å². The first-order valence-electron chi connectivity index (χ1n) is 6.93. The number of hydrogen-bond acceptors (Lipinski definition) is 6. The molecule has 3 rings (SSSR count). The van der Waals surface area contributed by atoms with E-state index >= 15 is 0 Å². The van der Waals surface area contributed by atoms with Crippen LogP contribution in [0.1, 0.15) is 19.5 Å². The minimum Gasteiger partial charge on any atom is -0.336 e. The van der Waals surface area contributed by atoms with Crippen molar-refractivity contribution in [3.8, 4) is 0 Å².